The number of nitriles is 1. The highest BCUT2D eigenvalue weighted by Crippen LogP contribution is 2.28. The van der Waals surface area contributed by atoms with Gasteiger partial charge in [-0.05, 0) is 42.5 Å². The highest BCUT2D eigenvalue weighted by Gasteiger charge is 2.18. The first-order chi connectivity index (χ1) is 17.2. The van der Waals surface area contributed by atoms with E-state index >= 15 is 0 Å². The van der Waals surface area contributed by atoms with E-state index in [1.54, 1.807) is 29.1 Å². The highest BCUT2D eigenvalue weighted by atomic mass is 16.4. The lowest BCUT2D eigenvalue weighted by Gasteiger charge is -2.02. The minimum Gasteiger partial charge on any atom is -0.422 e. The fourth-order valence-electron chi connectivity index (χ4n) is 4.03. The van der Waals surface area contributed by atoms with E-state index in [2.05, 4.69) is 16.0 Å². The maximum atomic E-state index is 13.0. The van der Waals surface area contributed by atoms with Gasteiger partial charge in [-0.3, -0.25) is 0 Å². The van der Waals surface area contributed by atoms with Crippen molar-refractivity contribution in [2.24, 2.45) is 0 Å². The number of rotatable bonds is 4. The number of allylic oxidation sites excluding steroid dienone is 1. The number of imidazole rings is 1. The first-order valence-electron chi connectivity index (χ1n) is 10.9. The van der Waals surface area contributed by atoms with Crippen LogP contribution < -0.4 is 5.63 Å². The van der Waals surface area contributed by atoms with Crippen LogP contribution in [-0.2, 0) is 0 Å². The Morgan fingerprint density at radius 2 is 1.77 bits per heavy atom. The molecule has 0 aliphatic heterocycles. The molecular formula is C28H17N5O2. The molecule has 0 atom stereocenters. The molecule has 1 N–H and O–H groups in total. The zero-order valence-corrected chi connectivity index (χ0v) is 18.3. The highest BCUT2D eigenvalue weighted by molar-refractivity contribution is 5.93. The van der Waals surface area contributed by atoms with Crippen LogP contribution in [0, 0.1) is 11.3 Å². The SMILES string of the molecule is N#C/C(=C/c1cn(-c2ccccc2)nc1-c1cc2ccccc2oc1=O)c1nc2ccccc2[nH]1. The molecule has 0 saturated heterocycles. The Balaban J connectivity index is 1.57. The first kappa shape index (κ1) is 20.4. The molecule has 6 rings (SSSR count). The van der Waals surface area contributed by atoms with Crippen LogP contribution in [0.1, 0.15) is 11.4 Å². The molecule has 0 aliphatic carbocycles. The monoisotopic (exact) mass is 455 g/mol. The summed E-state index contributed by atoms with van der Waals surface area (Å²) in [5, 5.41) is 15.5. The molecule has 0 saturated carbocycles. The topological polar surface area (TPSA) is 100 Å². The van der Waals surface area contributed by atoms with Crippen LogP contribution in [-0.4, -0.2) is 19.7 Å². The zero-order valence-electron chi connectivity index (χ0n) is 18.3. The second-order valence-electron chi connectivity index (χ2n) is 7.97. The maximum absolute atomic E-state index is 13.0. The van der Waals surface area contributed by atoms with Crippen LogP contribution in [0.5, 0.6) is 0 Å². The van der Waals surface area contributed by atoms with Crippen molar-refractivity contribution in [3.63, 3.8) is 0 Å². The Kier molecular flexibility index (Phi) is 4.83. The van der Waals surface area contributed by atoms with Gasteiger partial charge >= 0.3 is 5.63 Å². The molecule has 3 aromatic carbocycles. The standard InChI is InChI=1S/C28H17N5O2/c29-16-19(27-30-23-11-5-6-12-24(23)31-27)14-20-17-33(21-9-2-1-3-10-21)32-26(20)22-15-18-8-4-7-13-25(18)35-28(22)34/h1-15,17H,(H,30,31)/b19-14-. The summed E-state index contributed by atoms with van der Waals surface area (Å²) in [6.45, 7) is 0. The number of hydrogen-bond acceptors (Lipinski definition) is 5. The summed E-state index contributed by atoms with van der Waals surface area (Å²) >= 11 is 0. The Morgan fingerprint density at radius 3 is 2.60 bits per heavy atom. The van der Waals surface area contributed by atoms with Crippen molar-refractivity contribution in [1.29, 1.82) is 5.26 Å². The van der Waals surface area contributed by atoms with Crippen LogP contribution in [0.2, 0.25) is 0 Å². The largest absolute Gasteiger partial charge is 0.422 e. The molecule has 166 valence electrons. The van der Waals surface area contributed by atoms with Gasteiger partial charge in [0.2, 0.25) is 0 Å². The van der Waals surface area contributed by atoms with E-state index in [9.17, 15) is 10.1 Å². The van der Waals surface area contributed by atoms with Crippen LogP contribution in [0.4, 0.5) is 0 Å². The fourth-order valence-corrected chi connectivity index (χ4v) is 4.03. The van der Waals surface area contributed by atoms with Crippen molar-refractivity contribution in [2.45, 2.75) is 0 Å². The average Bonchev–Trinajstić information content (AvgIpc) is 3.52. The van der Waals surface area contributed by atoms with Gasteiger partial charge in [-0.15, -0.1) is 0 Å². The summed E-state index contributed by atoms with van der Waals surface area (Å²) in [6.07, 6.45) is 3.48. The lowest BCUT2D eigenvalue weighted by atomic mass is 10.1. The van der Waals surface area contributed by atoms with E-state index in [0.29, 0.717) is 33.8 Å². The molecule has 3 aromatic heterocycles. The van der Waals surface area contributed by atoms with E-state index in [0.717, 1.165) is 22.1 Å². The smallest absolute Gasteiger partial charge is 0.345 e. The van der Waals surface area contributed by atoms with Crippen molar-refractivity contribution in [2.75, 3.05) is 0 Å². The van der Waals surface area contributed by atoms with Gasteiger partial charge in [-0.2, -0.15) is 10.4 Å². The first-order valence-corrected chi connectivity index (χ1v) is 10.9. The number of H-pyrrole nitrogens is 1. The summed E-state index contributed by atoms with van der Waals surface area (Å²) in [7, 11) is 0. The van der Waals surface area contributed by atoms with E-state index in [-0.39, 0.29) is 0 Å². The van der Waals surface area contributed by atoms with Gasteiger partial charge < -0.3 is 9.40 Å². The number of fused-ring (bicyclic) bond motifs is 2. The van der Waals surface area contributed by atoms with E-state index in [1.807, 2.05) is 72.8 Å². The van der Waals surface area contributed by atoms with Crippen molar-refractivity contribution in [3.8, 4) is 23.0 Å². The van der Waals surface area contributed by atoms with Crippen LogP contribution in [0.25, 0.3) is 50.6 Å². The van der Waals surface area contributed by atoms with Crippen molar-refractivity contribution >= 4 is 33.7 Å². The molecule has 0 aliphatic rings. The van der Waals surface area contributed by atoms with Crippen molar-refractivity contribution < 1.29 is 4.42 Å². The summed E-state index contributed by atoms with van der Waals surface area (Å²) in [6, 6.07) is 28.5. The molecule has 7 heteroatoms. The Labute approximate surface area is 199 Å². The van der Waals surface area contributed by atoms with Crippen LogP contribution >= 0.6 is 0 Å². The molecule has 0 fully saturated rings. The Morgan fingerprint density at radius 1 is 1.00 bits per heavy atom. The predicted octanol–water partition coefficient (Wildman–Crippen LogP) is 5.59. The molecule has 35 heavy (non-hydrogen) atoms. The molecule has 0 bridgehead atoms. The van der Waals surface area contributed by atoms with Crippen molar-refractivity contribution in [1.82, 2.24) is 19.7 Å². The second kappa shape index (κ2) is 8.28. The Bertz CT molecular complexity index is 1800. The number of benzene rings is 3. The summed E-state index contributed by atoms with van der Waals surface area (Å²) in [4.78, 5) is 20.7. The van der Waals surface area contributed by atoms with Gasteiger partial charge in [-0.1, -0.05) is 48.5 Å². The average molecular weight is 455 g/mol. The lowest BCUT2D eigenvalue weighted by molar-refractivity contribution is 0.563. The van der Waals surface area contributed by atoms with Gasteiger partial charge in [0.25, 0.3) is 0 Å². The molecule has 3 heterocycles. The third kappa shape index (κ3) is 3.69. The van der Waals surface area contributed by atoms with Crippen LogP contribution in [0.15, 0.2) is 100 Å². The predicted molar refractivity (Wildman–Crippen MR) is 135 cm³/mol. The number of para-hydroxylation sites is 4. The van der Waals surface area contributed by atoms with Gasteiger partial charge in [0, 0.05) is 17.1 Å². The number of hydrogen-bond donors (Lipinski definition) is 1. The number of nitrogens with one attached hydrogen (secondary N) is 1. The van der Waals surface area contributed by atoms with Gasteiger partial charge in [0.15, 0.2) is 0 Å². The van der Waals surface area contributed by atoms with E-state index < -0.39 is 5.63 Å². The molecule has 0 amide bonds. The minimum absolute atomic E-state index is 0.312. The van der Waals surface area contributed by atoms with Crippen LogP contribution in [0.3, 0.4) is 0 Å². The maximum Gasteiger partial charge on any atom is 0.345 e. The quantitative estimate of drug-likeness (QED) is 0.276. The number of aromatic amines is 1. The molecule has 0 unspecified atom stereocenters. The summed E-state index contributed by atoms with van der Waals surface area (Å²) in [5.74, 6) is 0.442. The third-order valence-electron chi connectivity index (χ3n) is 5.72. The minimum atomic E-state index is -0.501. The second-order valence-corrected chi connectivity index (χ2v) is 7.97. The third-order valence-corrected chi connectivity index (χ3v) is 5.72. The van der Waals surface area contributed by atoms with E-state index in [1.165, 1.54) is 0 Å². The molecular weight excluding hydrogens is 438 g/mol. The summed E-state index contributed by atoms with van der Waals surface area (Å²) < 4.78 is 7.25. The Hall–Kier alpha value is -5.22. The molecule has 6 aromatic rings. The zero-order chi connectivity index (χ0) is 23.8. The van der Waals surface area contributed by atoms with Crippen molar-refractivity contribution in [3.05, 3.63) is 113 Å². The van der Waals surface area contributed by atoms with Gasteiger partial charge in [0.05, 0.1) is 27.9 Å². The normalized spacial score (nSPS) is 11.7. The fraction of sp³-hybridized carbons (Fsp3) is 0. The number of aromatic nitrogens is 4. The molecule has 7 nitrogen and oxygen atoms in total. The van der Waals surface area contributed by atoms with Gasteiger partial charge in [-0.25, -0.2) is 14.5 Å². The van der Waals surface area contributed by atoms with Gasteiger partial charge in [0.1, 0.15) is 23.2 Å². The summed E-state index contributed by atoms with van der Waals surface area (Å²) in [5.41, 5.74) is 4.05. The lowest BCUT2D eigenvalue weighted by Crippen LogP contribution is -2.04. The number of nitrogens with zero attached hydrogens (tertiary/aromatic N) is 4. The van der Waals surface area contributed by atoms with E-state index in [4.69, 9.17) is 9.52 Å². The molecule has 0 spiro atoms. The molecule has 0 radical (unpaired) electrons.